The van der Waals surface area contributed by atoms with Crippen LogP contribution < -0.4 is 21.4 Å². The largest absolute Gasteiger partial charge is 0.504 e. The normalized spacial score (nSPS) is 10.7. The van der Waals surface area contributed by atoms with Gasteiger partial charge in [0, 0.05) is 11.6 Å². The number of benzene rings is 1. The van der Waals surface area contributed by atoms with Crippen LogP contribution in [0.4, 0.5) is 5.69 Å². The first-order valence-corrected chi connectivity index (χ1v) is 7.99. The Morgan fingerprint density at radius 1 is 1.52 bits per heavy atom. The summed E-state index contributed by atoms with van der Waals surface area (Å²) in [6.07, 6.45) is 0.998. The second kappa shape index (κ2) is 8.61. The first-order chi connectivity index (χ1) is 12.8. The first-order valence-electron chi connectivity index (χ1n) is 7.01. The maximum atomic E-state index is 11.7. The molecule has 2 aromatic rings. The first kappa shape index (κ1) is 19.6. The average molecular weight is 396 g/mol. The lowest BCUT2D eigenvalue weighted by Crippen LogP contribution is -2.26. The molecule has 1 aromatic carbocycles. The van der Waals surface area contributed by atoms with E-state index in [1.54, 1.807) is 0 Å². The van der Waals surface area contributed by atoms with Crippen molar-refractivity contribution in [3.8, 4) is 11.5 Å². The van der Waals surface area contributed by atoms with Crippen molar-refractivity contribution in [3.63, 3.8) is 0 Å². The van der Waals surface area contributed by atoms with Gasteiger partial charge in [-0.3, -0.25) is 24.7 Å². The van der Waals surface area contributed by atoms with Gasteiger partial charge in [0.1, 0.15) is 0 Å². The Bertz CT molecular complexity index is 1010. The number of thioether (sulfide) groups is 1. The van der Waals surface area contributed by atoms with E-state index in [0.717, 1.165) is 30.1 Å². The summed E-state index contributed by atoms with van der Waals surface area (Å²) in [5.74, 6) is -1.39. The second-order valence-corrected chi connectivity index (χ2v) is 5.70. The van der Waals surface area contributed by atoms with Crippen LogP contribution in [0.25, 0.3) is 0 Å². The Kier molecular flexibility index (Phi) is 6.27. The smallest absolute Gasteiger partial charge is 0.342 e. The number of hydrazone groups is 1. The standard InChI is InChI=1S/C13H12N6O7S/c1-26-8-3-7(19(24)25)2-6(10(8)21)4-14-16-9(20)5-27-12-11(22)15-13(23)18-17-12/h2-4,21H,5H2,1H3,(H,16,20)(H2,15,18,22,23)/b14-4+. The fraction of sp³-hybridized carbons (Fsp3) is 0.154. The molecule has 13 nitrogen and oxygen atoms in total. The van der Waals surface area contributed by atoms with E-state index >= 15 is 0 Å². The number of non-ortho nitro benzene ring substituents is 1. The number of nitro benzene ring substituents is 1. The Hall–Kier alpha value is -3.68. The molecule has 0 unspecified atom stereocenters. The van der Waals surface area contributed by atoms with Crippen LogP contribution in [0.5, 0.6) is 11.5 Å². The van der Waals surface area contributed by atoms with E-state index in [0.29, 0.717) is 0 Å². The van der Waals surface area contributed by atoms with Gasteiger partial charge in [0.2, 0.25) is 5.91 Å². The Labute approximate surface area is 153 Å². The van der Waals surface area contributed by atoms with Crippen molar-refractivity contribution in [2.45, 2.75) is 5.03 Å². The molecule has 14 heteroatoms. The molecule has 0 fully saturated rings. The van der Waals surface area contributed by atoms with E-state index in [1.165, 1.54) is 7.11 Å². The molecule has 0 saturated heterocycles. The fourth-order valence-corrected chi connectivity index (χ4v) is 2.37. The number of aromatic hydroxyl groups is 1. The Morgan fingerprint density at radius 2 is 2.26 bits per heavy atom. The number of phenolic OH excluding ortho intramolecular Hbond substituents is 1. The predicted molar refractivity (Wildman–Crippen MR) is 93.3 cm³/mol. The van der Waals surface area contributed by atoms with Crippen LogP contribution in [0.1, 0.15) is 5.56 Å². The van der Waals surface area contributed by atoms with Gasteiger partial charge in [-0.1, -0.05) is 11.8 Å². The lowest BCUT2D eigenvalue weighted by molar-refractivity contribution is -0.385. The molecule has 142 valence electrons. The molecule has 4 N–H and O–H groups in total. The van der Waals surface area contributed by atoms with Crippen LogP contribution in [0, 0.1) is 10.1 Å². The number of ether oxygens (including phenoxy) is 1. The van der Waals surface area contributed by atoms with Crippen molar-refractivity contribution < 1.29 is 19.6 Å². The third-order valence-corrected chi connectivity index (χ3v) is 3.89. The number of nitrogens with one attached hydrogen (secondary N) is 3. The molecule has 2 rings (SSSR count). The van der Waals surface area contributed by atoms with Crippen molar-refractivity contribution in [2.75, 3.05) is 12.9 Å². The van der Waals surface area contributed by atoms with Gasteiger partial charge < -0.3 is 9.84 Å². The molecule has 1 aromatic heterocycles. The maximum absolute atomic E-state index is 11.7. The number of methoxy groups -OCH3 is 1. The minimum absolute atomic E-state index is 0.0484. The van der Waals surface area contributed by atoms with Crippen molar-refractivity contribution >= 4 is 29.6 Å². The van der Waals surface area contributed by atoms with Crippen LogP contribution in [0.15, 0.2) is 31.8 Å². The number of hydrogen-bond acceptors (Lipinski definition) is 10. The summed E-state index contributed by atoms with van der Waals surface area (Å²) < 4.78 is 4.84. The highest BCUT2D eigenvalue weighted by atomic mass is 32.2. The van der Waals surface area contributed by atoms with E-state index in [9.17, 15) is 29.6 Å². The number of H-pyrrole nitrogens is 2. The number of amides is 1. The van der Waals surface area contributed by atoms with Crippen LogP contribution in [-0.4, -0.2) is 50.2 Å². The van der Waals surface area contributed by atoms with Gasteiger partial charge in [-0.15, -0.1) is 0 Å². The van der Waals surface area contributed by atoms with Gasteiger partial charge in [-0.05, 0) is 0 Å². The topological polar surface area (TPSA) is 193 Å². The highest BCUT2D eigenvalue weighted by molar-refractivity contribution is 7.99. The summed E-state index contributed by atoms with van der Waals surface area (Å²) in [4.78, 5) is 46.1. The van der Waals surface area contributed by atoms with E-state index in [-0.39, 0.29) is 33.5 Å². The van der Waals surface area contributed by atoms with Gasteiger partial charge in [0.05, 0.1) is 30.1 Å². The number of rotatable bonds is 7. The number of nitrogens with zero attached hydrogens (tertiary/aromatic N) is 3. The molecule has 0 spiro atoms. The van der Waals surface area contributed by atoms with Crippen molar-refractivity contribution in [1.82, 2.24) is 20.6 Å². The summed E-state index contributed by atoms with van der Waals surface area (Å²) in [7, 11) is 1.23. The number of phenols is 1. The highest BCUT2D eigenvalue weighted by Gasteiger charge is 2.16. The molecule has 0 aliphatic carbocycles. The zero-order valence-corrected chi connectivity index (χ0v) is 14.4. The lowest BCUT2D eigenvalue weighted by Gasteiger charge is -2.06. The molecular formula is C13H12N6O7S. The highest BCUT2D eigenvalue weighted by Crippen LogP contribution is 2.33. The number of carbonyl (C=O) groups excluding carboxylic acids is 1. The van der Waals surface area contributed by atoms with Gasteiger partial charge in [0.25, 0.3) is 11.2 Å². The number of carbonyl (C=O) groups is 1. The third-order valence-electron chi connectivity index (χ3n) is 2.93. The number of aromatic nitrogens is 3. The van der Waals surface area contributed by atoms with E-state index < -0.39 is 22.1 Å². The third kappa shape index (κ3) is 5.15. The van der Waals surface area contributed by atoms with E-state index in [2.05, 4.69) is 15.6 Å². The zero-order chi connectivity index (χ0) is 20.0. The predicted octanol–water partition coefficient (Wildman–Crippen LogP) is -0.677. The number of nitro groups is 1. The monoisotopic (exact) mass is 396 g/mol. The number of aromatic amines is 2. The van der Waals surface area contributed by atoms with Gasteiger partial charge in [-0.2, -0.15) is 10.2 Å². The van der Waals surface area contributed by atoms with Crippen LogP contribution >= 0.6 is 11.8 Å². The van der Waals surface area contributed by atoms with Crippen molar-refractivity contribution in [2.24, 2.45) is 5.10 Å². The summed E-state index contributed by atoms with van der Waals surface area (Å²) in [6, 6.07) is 2.09. The molecule has 0 bridgehead atoms. The van der Waals surface area contributed by atoms with Gasteiger partial charge in [0.15, 0.2) is 16.5 Å². The maximum Gasteiger partial charge on any atom is 0.342 e. The van der Waals surface area contributed by atoms with Crippen molar-refractivity contribution in [3.05, 3.63) is 48.6 Å². The van der Waals surface area contributed by atoms with E-state index in [4.69, 9.17) is 4.74 Å². The lowest BCUT2D eigenvalue weighted by atomic mass is 10.2. The molecular weight excluding hydrogens is 384 g/mol. The van der Waals surface area contributed by atoms with Gasteiger partial charge >= 0.3 is 5.69 Å². The van der Waals surface area contributed by atoms with Crippen molar-refractivity contribution in [1.29, 1.82) is 0 Å². The number of hydrogen-bond donors (Lipinski definition) is 4. The molecule has 1 amide bonds. The fourth-order valence-electron chi connectivity index (χ4n) is 1.75. The van der Waals surface area contributed by atoms with Crippen LogP contribution in [0.3, 0.4) is 0 Å². The molecule has 0 aliphatic rings. The minimum atomic E-state index is -0.773. The van der Waals surface area contributed by atoms with E-state index in [1.807, 2.05) is 10.1 Å². The summed E-state index contributed by atoms with van der Waals surface area (Å²) in [5, 5.41) is 29.8. The Morgan fingerprint density at radius 3 is 2.89 bits per heavy atom. The molecule has 1 heterocycles. The molecule has 27 heavy (non-hydrogen) atoms. The Balaban J connectivity index is 2.03. The molecule has 0 aliphatic heterocycles. The minimum Gasteiger partial charge on any atom is -0.504 e. The summed E-state index contributed by atoms with van der Waals surface area (Å²) in [5.41, 5.74) is 0.222. The average Bonchev–Trinajstić information content (AvgIpc) is 2.62. The SMILES string of the molecule is COc1cc([N+](=O)[O-])cc(/C=N/NC(=O)CSc2n[nH]c(=O)[nH]c2=O)c1O. The summed E-state index contributed by atoms with van der Waals surface area (Å²) in [6.45, 7) is 0. The molecule has 0 saturated carbocycles. The van der Waals surface area contributed by atoms with Gasteiger partial charge in [-0.25, -0.2) is 15.3 Å². The second-order valence-electron chi connectivity index (χ2n) is 4.74. The zero-order valence-electron chi connectivity index (χ0n) is 13.6. The molecule has 0 atom stereocenters. The molecule has 0 radical (unpaired) electrons. The van der Waals surface area contributed by atoms with Crippen LogP contribution in [-0.2, 0) is 4.79 Å². The van der Waals surface area contributed by atoms with Crippen LogP contribution in [0.2, 0.25) is 0 Å². The summed E-state index contributed by atoms with van der Waals surface area (Å²) >= 11 is 0.756. The quantitative estimate of drug-likeness (QED) is 0.203.